The molecule has 0 aromatic heterocycles. The van der Waals surface area contributed by atoms with Crippen LogP contribution in [0.25, 0.3) is 0 Å². The summed E-state index contributed by atoms with van der Waals surface area (Å²) < 4.78 is 0. The zero-order valence-electron chi connectivity index (χ0n) is 6.70. The summed E-state index contributed by atoms with van der Waals surface area (Å²) in [5.74, 6) is 0. The molecule has 0 aliphatic rings. The van der Waals surface area contributed by atoms with Gasteiger partial charge in [0, 0.05) is 6.04 Å². The highest BCUT2D eigenvalue weighted by Crippen LogP contribution is 1.99. The number of nitrogens with zero attached hydrogens (tertiary/aromatic N) is 2. The van der Waals surface area contributed by atoms with Crippen LogP contribution in [0.5, 0.6) is 0 Å². The number of hydrogen-bond donors (Lipinski definition) is 1. The quantitative estimate of drug-likeness (QED) is 0.573. The zero-order valence-corrected chi connectivity index (χ0v) is 6.70. The van der Waals surface area contributed by atoms with E-state index < -0.39 is 0 Å². The van der Waals surface area contributed by atoms with Crippen molar-refractivity contribution in [3.05, 3.63) is 0 Å². The maximum atomic E-state index is 9.07. The molecule has 0 aliphatic carbocycles. The van der Waals surface area contributed by atoms with Crippen molar-refractivity contribution < 1.29 is 5.11 Å². The second kappa shape index (κ2) is 4.26. The smallest absolute Gasteiger partial charge is 0.0866 e. The lowest BCUT2D eigenvalue weighted by molar-refractivity contribution is 0.0941. The Bertz CT molecular complexity index is 128. The van der Waals surface area contributed by atoms with Crippen molar-refractivity contribution in [3.63, 3.8) is 0 Å². The number of aliphatic hydroxyl groups is 1. The van der Waals surface area contributed by atoms with Crippen LogP contribution in [0.3, 0.4) is 0 Å². The number of nitriles is 1. The lowest BCUT2D eigenvalue weighted by Gasteiger charge is -2.23. The van der Waals surface area contributed by atoms with E-state index in [9.17, 15) is 0 Å². The monoisotopic (exact) mass is 142 g/mol. The minimum atomic E-state index is -0.377. The van der Waals surface area contributed by atoms with Gasteiger partial charge in [0.2, 0.25) is 0 Å². The maximum Gasteiger partial charge on any atom is 0.0866 e. The standard InChI is InChI=1S/C7H14N2O/c1-6(7(2)10)9(3)5-4-8/h6-7,10H,5H2,1-3H3. The molecule has 0 aromatic rings. The van der Waals surface area contributed by atoms with E-state index in [0.29, 0.717) is 6.54 Å². The van der Waals surface area contributed by atoms with Crippen LogP contribution >= 0.6 is 0 Å². The van der Waals surface area contributed by atoms with Gasteiger partial charge in [-0.15, -0.1) is 0 Å². The SMILES string of the molecule is CC(O)C(C)N(C)CC#N. The van der Waals surface area contributed by atoms with E-state index in [4.69, 9.17) is 10.4 Å². The van der Waals surface area contributed by atoms with Crippen molar-refractivity contribution >= 4 is 0 Å². The molecule has 2 atom stereocenters. The summed E-state index contributed by atoms with van der Waals surface area (Å²) in [5, 5.41) is 17.4. The zero-order chi connectivity index (χ0) is 8.15. The second-order valence-corrected chi connectivity index (χ2v) is 2.55. The summed E-state index contributed by atoms with van der Waals surface area (Å²) in [7, 11) is 1.82. The van der Waals surface area contributed by atoms with Gasteiger partial charge >= 0.3 is 0 Å². The largest absolute Gasteiger partial charge is 0.392 e. The fraction of sp³-hybridized carbons (Fsp3) is 0.857. The first-order valence-electron chi connectivity index (χ1n) is 3.35. The number of rotatable bonds is 3. The normalized spacial score (nSPS) is 16.4. The Hall–Kier alpha value is -0.590. The predicted molar refractivity (Wildman–Crippen MR) is 39.4 cm³/mol. The Morgan fingerprint density at radius 3 is 2.40 bits per heavy atom. The highest BCUT2D eigenvalue weighted by Gasteiger charge is 2.12. The Labute approximate surface area is 61.9 Å². The van der Waals surface area contributed by atoms with Crippen molar-refractivity contribution in [2.75, 3.05) is 13.6 Å². The molecule has 1 N–H and O–H groups in total. The summed E-state index contributed by atoms with van der Waals surface area (Å²) in [6.45, 7) is 3.98. The summed E-state index contributed by atoms with van der Waals surface area (Å²) in [4.78, 5) is 1.81. The van der Waals surface area contributed by atoms with Gasteiger partial charge in [-0.3, -0.25) is 4.90 Å². The van der Waals surface area contributed by atoms with Crippen LogP contribution in [0.4, 0.5) is 0 Å². The molecule has 58 valence electrons. The van der Waals surface area contributed by atoms with E-state index in [1.807, 2.05) is 24.9 Å². The maximum absolute atomic E-state index is 9.07. The molecular formula is C7H14N2O. The van der Waals surface area contributed by atoms with Crippen LogP contribution in [0.15, 0.2) is 0 Å². The number of aliphatic hydroxyl groups excluding tert-OH is 1. The van der Waals surface area contributed by atoms with E-state index in [0.717, 1.165) is 0 Å². The van der Waals surface area contributed by atoms with E-state index in [1.165, 1.54) is 0 Å². The van der Waals surface area contributed by atoms with Crippen LogP contribution in [0.2, 0.25) is 0 Å². The molecule has 0 aliphatic heterocycles. The molecule has 0 saturated carbocycles. The summed E-state index contributed by atoms with van der Waals surface area (Å²) in [5.41, 5.74) is 0. The lowest BCUT2D eigenvalue weighted by Crippen LogP contribution is -2.37. The van der Waals surface area contributed by atoms with Gasteiger partial charge in [-0.25, -0.2) is 0 Å². The van der Waals surface area contributed by atoms with Gasteiger partial charge in [-0.1, -0.05) is 0 Å². The molecule has 10 heavy (non-hydrogen) atoms. The topological polar surface area (TPSA) is 47.3 Å². The number of likely N-dealkylation sites (N-methyl/N-ethyl adjacent to an activating group) is 1. The lowest BCUT2D eigenvalue weighted by atomic mass is 10.2. The molecule has 0 amide bonds. The van der Waals surface area contributed by atoms with Crippen LogP contribution in [-0.4, -0.2) is 35.7 Å². The van der Waals surface area contributed by atoms with Crippen LogP contribution in [-0.2, 0) is 0 Å². The molecule has 0 aromatic carbocycles. The summed E-state index contributed by atoms with van der Waals surface area (Å²) in [6.07, 6.45) is -0.377. The predicted octanol–water partition coefficient (Wildman–Crippen LogP) is 0.211. The molecule has 2 unspecified atom stereocenters. The fourth-order valence-electron chi connectivity index (χ4n) is 0.624. The van der Waals surface area contributed by atoms with E-state index in [1.54, 1.807) is 6.92 Å². The van der Waals surface area contributed by atoms with Gasteiger partial charge < -0.3 is 5.11 Å². The highest BCUT2D eigenvalue weighted by atomic mass is 16.3. The Morgan fingerprint density at radius 2 is 2.10 bits per heavy atom. The second-order valence-electron chi connectivity index (χ2n) is 2.55. The first-order chi connectivity index (χ1) is 4.59. The molecule has 0 heterocycles. The molecule has 3 heteroatoms. The first-order valence-corrected chi connectivity index (χ1v) is 3.35. The summed E-state index contributed by atoms with van der Waals surface area (Å²) >= 11 is 0. The third kappa shape index (κ3) is 2.81. The van der Waals surface area contributed by atoms with Gasteiger partial charge in [-0.2, -0.15) is 5.26 Å². The van der Waals surface area contributed by atoms with Gasteiger partial charge in [0.1, 0.15) is 0 Å². The molecule has 3 nitrogen and oxygen atoms in total. The molecular weight excluding hydrogens is 128 g/mol. The van der Waals surface area contributed by atoms with E-state index in [2.05, 4.69) is 0 Å². The van der Waals surface area contributed by atoms with Crippen LogP contribution in [0.1, 0.15) is 13.8 Å². The fourth-order valence-corrected chi connectivity index (χ4v) is 0.624. The van der Waals surface area contributed by atoms with Gasteiger partial charge in [0.05, 0.1) is 18.7 Å². The molecule has 0 radical (unpaired) electrons. The average Bonchev–Trinajstić information content (AvgIpc) is 1.87. The van der Waals surface area contributed by atoms with E-state index >= 15 is 0 Å². The molecule has 0 rings (SSSR count). The Balaban J connectivity index is 3.72. The molecule has 0 saturated heterocycles. The van der Waals surface area contributed by atoms with E-state index in [-0.39, 0.29) is 12.1 Å². The number of hydrogen-bond acceptors (Lipinski definition) is 3. The highest BCUT2D eigenvalue weighted by molar-refractivity contribution is 4.79. The Morgan fingerprint density at radius 1 is 1.60 bits per heavy atom. The van der Waals surface area contributed by atoms with Crippen LogP contribution in [0, 0.1) is 11.3 Å². The third-order valence-corrected chi connectivity index (χ3v) is 1.71. The minimum absolute atomic E-state index is 0.0552. The molecule has 0 spiro atoms. The third-order valence-electron chi connectivity index (χ3n) is 1.71. The van der Waals surface area contributed by atoms with Gasteiger partial charge in [0.25, 0.3) is 0 Å². The van der Waals surface area contributed by atoms with Crippen molar-refractivity contribution in [1.29, 1.82) is 5.26 Å². The van der Waals surface area contributed by atoms with Crippen molar-refractivity contribution in [1.82, 2.24) is 4.90 Å². The van der Waals surface area contributed by atoms with Gasteiger partial charge in [-0.05, 0) is 20.9 Å². The van der Waals surface area contributed by atoms with Gasteiger partial charge in [0.15, 0.2) is 0 Å². The molecule has 0 bridgehead atoms. The average molecular weight is 142 g/mol. The van der Waals surface area contributed by atoms with Crippen LogP contribution < -0.4 is 0 Å². The molecule has 0 fully saturated rings. The van der Waals surface area contributed by atoms with Crippen molar-refractivity contribution in [2.24, 2.45) is 0 Å². The summed E-state index contributed by atoms with van der Waals surface area (Å²) in [6, 6.07) is 2.07. The minimum Gasteiger partial charge on any atom is -0.392 e. The first kappa shape index (κ1) is 9.41. The van der Waals surface area contributed by atoms with Crippen molar-refractivity contribution in [2.45, 2.75) is 26.0 Å². The Kier molecular flexibility index (Phi) is 4.01. The van der Waals surface area contributed by atoms with Crippen molar-refractivity contribution in [3.8, 4) is 6.07 Å².